The summed E-state index contributed by atoms with van der Waals surface area (Å²) < 4.78 is 10.3. The Bertz CT molecular complexity index is 633. The molecular weight excluding hydrogens is 330 g/mol. The number of rotatable bonds is 11. The van der Waals surface area contributed by atoms with Gasteiger partial charge in [-0.25, -0.2) is 0 Å². The average molecular weight is 357 g/mol. The lowest BCUT2D eigenvalue weighted by atomic mass is 10.2. The van der Waals surface area contributed by atoms with Crippen molar-refractivity contribution in [3.63, 3.8) is 0 Å². The zero-order valence-corrected chi connectivity index (χ0v) is 15.2. The first-order valence-corrected chi connectivity index (χ1v) is 8.86. The van der Waals surface area contributed by atoms with Crippen molar-refractivity contribution in [3.8, 4) is 5.75 Å². The molecule has 5 heteroatoms. The Labute approximate surface area is 155 Å². The van der Waals surface area contributed by atoms with Crippen molar-refractivity contribution in [1.29, 1.82) is 0 Å². The standard InChI is InChI=1S/C21H27NO4/c1-25-21(24)13-8-14-22(15-18-9-4-2-5-10-18)16-19(23)17-26-20-11-6-3-7-12-20/h2-7,9-12,19,23H,8,13-17H2,1H3/t19-/m0/s1. The Morgan fingerprint density at radius 2 is 1.73 bits per heavy atom. The predicted octanol–water partition coefficient (Wildman–Crippen LogP) is 2.88. The van der Waals surface area contributed by atoms with Gasteiger partial charge in [0.05, 0.1) is 7.11 Å². The fourth-order valence-corrected chi connectivity index (χ4v) is 2.69. The molecule has 26 heavy (non-hydrogen) atoms. The summed E-state index contributed by atoms with van der Waals surface area (Å²) in [6.07, 6.45) is 0.446. The van der Waals surface area contributed by atoms with Crippen molar-refractivity contribution in [2.75, 3.05) is 26.8 Å². The number of benzene rings is 2. The maximum Gasteiger partial charge on any atom is 0.305 e. The third-order valence-electron chi connectivity index (χ3n) is 3.99. The van der Waals surface area contributed by atoms with Crippen LogP contribution in [0.3, 0.4) is 0 Å². The SMILES string of the molecule is COC(=O)CCCN(Cc1ccccc1)C[C@H](O)COc1ccccc1. The number of hydrogen-bond acceptors (Lipinski definition) is 5. The highest BCUT2D eigenvalue weighted by molar-refractivity contribution is 5.69. The van der Waals surface area contributed by atoms with Crippen LogP contribution in [0.5, 0.6) is 5.75 Å². The molecule has 0 unspecified atom stereocenters. The van der Waals surface area contributed by atoms with Gasteiger partial charge in [0.1, 0.15) is 18.5 Å². The van der Waals surface area contributed by atoms with Gasteiger partial charge in [-0.2, -0.15) is 0 Å². The number of aliphatic hydroxyl groups is 1. The maximum absolute atomic E-state index is 11.3. The van der Waals surface area contributed by atoms with E-state index >= 15 is 0 Å². The van der Waals surface area contributed by atoms with Crippen molar-refractivity contribution in [1.82, 2.24) is 4.90 Å². The molecule has 0 fully saturated rings. The third kappa shape index (κ3) is 7.68. The van der Waals surface area contributed by atoms with Gasteiger partial charge in [-0.3, -0.25) is 9.69 Å². The molecule has 0 amide bonds. The maximum atomic E-state index is 11.3. The van der Waals surface area contributed by atoms with Crippen molar-refractivity contribution in [3.05, 3.63) is 66.2 Å². The van der Waals surface area contributed by atoms with E-state index in [0.29, 0.717) is 32.5 Å². The average Bonchev–Trinajstić information content (AvgIpc) is 2.67. The number of nitrogens with zero attached hydrogens (tertiary/aromatic N) is 1. The lowest BCUT2D eigenvalue weighted by molar-refractivity contribution is -0.140. The minimum atomic E-state index is -0.614. The quantitative estimate of drug-likeness (QED) is 0.627. The van der Waals surface area contributed by atoms with Gasteiger partial charge in [0.2, 0.25) is 0 Å². The van der Waals surface area contributed by atoms with Crippen molar-refractivity contribution < 1.29 is 19.4 Å². The van der Waals surface area contributed by atoms with Gasteiger partial charge < -0.3 is 14.6 Å². The lowest BCUT2D eigenvalue weighted by Crippen LogP contribution is -2.36. The van der Waals surface area contributed by atoms with E-state index in [2.05, 4.69) is 17.0 Å². The summed E-state index contributed by atoms with van der Waals surface area (Å²) in [6, 6.07) is 19.5. The molecule has 0 aliphatic heterocycles. The molecular formula is C21H27NO4. The highest BCUT2D eigenvalue weighted by Gasteiger charge is 2.14. The molecule has 0 aliphatic rings. The first-order chi connectivity index (χ1) is 12.7. The number of aliphatic hydroxyl groups excluding tert-OH is 1. The zero-order chi connectivity index (χ0) is 18.6. The van der Waals surface area contributed by atoms with Crippen LogP contribution in [-0.2, 0) is 16.1 Å². The van der Waals surface area contributed by atoms with E-state index < -0.39 is 6.10 Å². The monoisotopic (exact) mass is 357 g/mol. The van der Waals surface area contributed by atoms with Gasteiger partial charge >= 0.3 is 5.97 Å². The van der Waals surface area contributed by atoms with Crippen LogP contribution in [0.2, 0.25) is 0 Å². The predicted molar refractivity (Wildman–Crippen MR) is 101 cm³/mol. The molecule has 0 saturated carbocycles. The molecule has 5 nitrogen and oxygen atoms in total. The Kier molecular flexibility index (Phi) is 8.66. The normalized spacial score (nSPS) is 12.0. The molecule has 2 aromatic carbocycles. The second-order valence-electron chi connectivity index (χ2n) is 6.18. The molecule has 0 aliphatic carbocycles. The summed E-state index contributed by atoms with van der Waals surface area (Å²) in [5.41, 5.74) is 1.17. The van der Waals surface area contributed by atoms with Crippen molar-refractivity contribution >= 4 is 5.97 Å². The van der Waals surface area contributed by atoms with Gasteiger partial charge in [-0.05, 0) is 30.7 Å². The number of carbonyl (C=O) groups excluding carboxylic acids is 1. The fourth-order valence-electron chi connectivity index (χ4n) is 2.69. The smallest absolute Gasteiger partial charge is 0.305 e. The number of esters is 1. The zero-order valence-electron chi connectivity index (χ0n) is 15.2. The molecule has 0 spiro atoms. The molecule has 2 rings (SSSR count). The number of para-hydroxylation sites is 1. The van der Waals surface area contributed by atoms with Crippen LogP contribution in [0.15, 0.2) is 60.7 Å². The first-order valence-electron chi connectivity index (χ1n) is 8.86. The van der Waals surface area contributed by atoms with E-state index in [1.54, 1.807) is 0 Å². The first kappa shape index (κ1) is 19.9. The molecule has 0 bridgehead atoms. The van der Waals surface area contributed by atoms with Gasteiger partial charge in [0.25, 0.3) is 0 Å². The summed E-state index contributed by atoms with van der Waals surface area (Å²) in [5, 5.41) is 10.4. The van der Waals surface area contributed by atoms with Crippen LogP contribution in [0, 0.1) is 0 Å². The highest BCUT2D eigenvalue weighted by atomic mass is 16.5. The van der Waals surface area contributed by atoms with Crippen LogP contribution >= 0.6 is 0 Å². The third-order valence-corrected chi connectivity index (χ3v) is 3.99. The second kappa shape index (κ2) is 11.3. The summed E-state index contributed by atoms with van der Waals surface area (Å²) >= 11 is 0. The largest absolute Gasteiger partial charge is 0.491 e. The van der Waals surface area contributed by atoms with Gasteiger partial charge in [0, 0.05) is 19.5 Å². The Morgan fingerprint density at radius 1 is 1.08 bits per heavy atom. The van der Waals surface area contributed by atoms with Crippen LogP contribution in [-0.4, -0.2) is 48.9 Å². The molecule has 0 aromatic heterocycles. The fraction of sp³-hybridized carbons (Fsp3) is 0.381. The van der Waals surface area contributed by atoms with Crippen LogP contribution < -0.4 is 4.74 Å². The summed E-state index contributed by atoms with van der Waals surface area (Å²) in [4.78, 5) is 13.5. The molecule has 1 N–H and O–H groups in total. The van der Waals surface area contributed by atoms with Crippen molar-refractivity contribution in [2.45, 2.75) is 25.5 Å². The van der Waals surface area contributed by atoms with E-state index in [1.807, 2.05) is 48.5 Å². The van der Waals surface area contributed by atoms with E-state index in [4.69, 9.17) is 9.47 Å². The molecule has 0 radical (unpaired) electrons. The second-order valence-corrected chi connectivity index (χ2v) is 6.18. The topological polar surface area (TPSA) is 59.0 Å². The molecule has 2 aromatic rings. The number of carbonyl (C=O) groups is 1. The summed E-state index contributed by atoms with van der Waals surface area (Å²) in [5.74, 6) is 0.532. The van der Waals surface area contributed by atoms with E-state index in [0.717, 1.165) is 5.75 Å². The van der Waals surface area contributed by atoms with Gasteiger partial charge in [-0.15, -0.1) is 0 Å². The molecule has 0 saturated heterocycles. The number of methoxy groups -OCH3 is 1. The Morgan fingerprint density at radius 3 is 2.38 bits per heavy atom. The number of ether oxygens (including phenoxy) is 2. The number of hydrogen-bond donors (Lipinski definition) is 1. The lowest BCUT2D eigenvalue weighted by Gasteiger charge is -2.25. The van der Waals surface area contributed by atoms with E-state index in [9.17, 15) is 9.90 Å². The van der Waals surface area contributed by atoms with E-state index in [-0.39, 0.29) is 12.6 Å². The van der Waals surface area contributed by atoms with Gasteiger partial charge in [-0.1, -0.05) is 48.5 Å². The molecule has 1 atom stereocenters. The Hall–Kier alpha value is -2.37. The van der Waals surface area contributed by atoms with E-state index in [1.165, 1.54) is 12.7 Å². The minimum Gasteiger partial charge on any atom is -0.491 e. The minimum absolute atomic E-state index is 0.211. The highest BCUT2D eigenvalue weighted by Crippen LogP contribution is 2.11. The van der Waals surface area contributed by atoms with Crippen LogP contribution in [0.25, 0.3) is 0 Å². The Balaban J connectivity index is 1.85. The van der Waals surface area contributed by atoms with Crippen LogP contribution in [0.1, 0.15) is 18.4 Å². The van der Waals surface area contributed by atoms with Gasteiger partial charge in [0.15, 0.2) is 0 Å². The van der Waals surface area contributed by atoms with Crippen LogP contribution in [0.4, 0.5) is 0 Å². The summed E-state index contributed by atoms with van der Waals surface area (Å²) in [7, 11) is 1.40. The molecule has 0 heterocycles. The molecule has 140 valence electrons. The summed E-state index contributed by atoms with van der Waals surface area (Å²) in [6.45, 7) is 2.12. The van der Waals surface area contributed by atoms with Crippen molar-refractivity contribution in [2.24, 2.45) is 0 Å².